The second-order valence-electron chi connectivity index (χ2n) is 6.20. The molecule has 1 aromatic heterocycles. The highest BCUT2D eigenvalue weighted by Gasteiger charge is 2.27. The Morgan fingerprint density at radius 1 is 1.25 bits per heavy atom. The Labute approximate surface area is 120 Å². The normalized spacial score (nSPS) is 26.9. The van der Waals surface area contributed by atoms with Gasteiger partial charge in [0.2, 0.25) is 0 Å². The minimum absolute atomic E-state index is 0.568. The van der Waals surface area contributed by atoms with Crippen LogP contribution < -0.4 is 5.32 Å². The molecule has 1 N–H and O–H groups in total. The van der Waals surface area contributed by atoms with Gasteiger partial charge in [-0.2, -0.15) is 0 Å². The summed E-state index contributed by atoms with van der Waals surface area (Å²) >= 11 is 0. The Balaban J connectivity index is 1.82. The number of nitrogens with one attached hydrogen (secondary N) is 1. The second kappa shape index (κ2) is 5.47. The SMILES string of the molecule is CCc1nc2cc(NC3C(C)CCCC3C)ccc2o1. The van der Waals surface area contributed by atoms with Gasteiger partial charge in [0.25, 0.3) is 0 Å². The first-order valence-electron chi connectivity index (χ1n) is 7.83. The number of fused-ring (bicyclic) bond motifs is 1. The fraction of sp³-hybridized carbons (Fsp3) is 0.588. The van der Waals surface area contributed by atoms with Crippen LogP contribution in [0.2, 0.25) is 0 Å². The van der Waals surface area contributed by atoms with Gasteiger partial charge in [-0.1, -0.05) is 27.2 Å². The number of hydrogen-bond donors (Lipinski definition) is 1. The average molecular weight is 272 g/mol. The van der Waals surface area contributed by atoms with Crippen molar-refractivity contribution in [1.29, 1.82) is 0 Å². The molecule has 1 aromatic carbocycles. The molecule has 1 aliphatic carbocycles. The summed E-state index contributed by atoms with van der Waals surface area (Å²) in [6.45, 7) is 6.78. The minimum Gasteiger partial charge on any atom is -0.441 e. The Bertz CT molecular complexity index is 580. The van der Waals surface area contributed by atoms with Crippen molar-refractivity contribution in [3.8, 4) is 0 Å². The topological polar surface area (TPSA) is 38.1 Å². The van der Waals surface area contributed by atoms with Gasteiger partial charge >= 0.3 is 0 Å². The van der Waals surface area contributed by atoms with Crippen LogP contribution in [0, 0.1) is 11.8 Å². The fourth-order valence-corrected chi connectivity index (χ4v) is 3.37. The smallest absolute Gasteiger partial charge is 0.195 e. The van der Waals surface area contributed by atoms with Crippen molar-refractivity contribution in [1.82, 2.24) is 4.98 Å². The van der Waals surface area contributed by atoms with Crippen molar-refractivity contribution >= 4 is 16.8 Å². The lowest BCUT2D eigenvalue weighted by Gasteiger charge is -2.35. The van der Waals surface area contributed by atoms with Crippen molar-refractivity contribution in [3.63, 3.8) is 0 Å². The molecule has 3 nitrogen and oxygen atoms in total. The third-order valence-electron chi connectivity index (χ3n) is 4.61. The highest BCUT2D eigenvalue weighted by Crippen LogP contribution is 2.32. The Kier molecular flexibility index (Phi) is 3.68. The van der Waals surface area contributed by atoms with E-state index in [0.717, 1.165) is 35.2 Å². The summed E-state index contributed by atoms with van der Waals surface area (Å²) in [4.78, 5) is 4.52. The van der Waals surface area contributed by atoms with Gasteiger partial charge in [-0.05, 0) is 42.9 Å². The molecule has 3 rings (SSSR count). The molecular formula is C17H24N2O. The van der Waals surface area contributed by atoms with Crippen molar-refractivity contribution in [2.45, 2.75) is 52.5 Å². The number of aryl methyl sites for hydroxylation is 1. The Hall–Kier alpha value is -1.51. The maximum atomic E-state index is 5.67. The summed E-state index contributed by atoms with van der Waals surface area (Å²) in [5.41, 5.74) is 3.01. The second-order valence-corrected chi connectivity index (χ2v) is 6.20. The predicted octanol–water partition coefficient (Wildman–Crippen LogP) is 4.63. The van der Waals surface area contributed by atoms with E-state index < -0.39 is 0 Å². The molecule has 0 amide bonds. The van der Waals surface area contributed by atoms with E-state index in [2.05, 4.69) is 43.2 Å². The zero-order valence-electron chi connectivity index (χ0n) is 12.6. The fourth-order valence-electron chi connectivity index (χ4n) is 3.37. The van der Waals surface area contributed by atoms with Crippen LogP contribution in [0.4, 0.5) is 5.69 Å². The molecule has 0 saturated heterocycles. The van der Waals surface area contributed by atoms with Gasteiger partial charge in [-0.15, -0.1) is 0 Å². The Morgan fingerprint density at radius 2 is 2.00 bits per heavy atom. The maximum absolute atomic E-state index is 5.67. The Morgan fingerprint density at radius 3 is 2.70 bits per heavy atom. The molecule has 20 heavy (non-hydrogen) atoms. The van der Waals surface area contributed by atoms with E-state index in [-0.39, 0.29) is 0 Å². The van der Waals surface area contributed by atoms with E-state index in [4.69, 9.17) is 4.42 Å². The van der Waals surface area contributed by atoms with Gasteiger partial charge in [-0.3, -0.25) is 0 Å². The van der Waals surface area contributed by atoms with Gasteiger partial charge < -0.3 is 9.73 Å². The third-order valence-corrected chi connectivity index (χ3v) is 4.61. The number of oxazole rings is 1. The van der Waals surface area contributed by atoms with Crippen LogP contribution in [0.5, 0.6) is 0 Å². The van der Waals surface area contributed by atoms with Gasteiger partial charge in [0.05, 0.1) is 0 Å². The molecule has 0 radical (unpaired) electrons. The van der Waals surface area contributed by atoms with Crippen molar-refractivity contribution < 1.29 is 4.42 Å². The molecule has 1 aliphatic rings. The van der Waals surface area contributed by atoms with Crippen LogP contribution in [-0.2, 0) is 6.42 Å². The highest BCUT2D eigenvalue weighted by atomic mass is 16.3. The van der Waals surface area contributed by atoms with Crippen LogP contribution in [0.3, 0.4) is 0 Å². The molecule has 108 valence electrons. The summed E-state index contributed by atoms with van der Waals surface area (Å²) in [5, 5.41) is 3.72. The molecule has 0 bridgehead atoms. The summed E-state index contributed by atoms with van der Waals surface area (Å²) in [5.74, 6) is 2.28. The lowest BCUT2D eigenvalue weighted by molar-refractivity contribution is 0.268. The molecule has 2 aromatic rings. The number of aromatic nitrogens is 1. The number of rotatable bonds is 3. The quantitative estimate of drug-likeness (QED) is 0.885. The van der Waals surface area contributed by atoms with E-state index in [0.29, 0.717) is 6.04 Å². The summed E-state index contributed by atoms with van der Waals surface area (Å²) in [7, 11) is 0. The first kappa shape index (κ1) is 13.5. The molecule has 2 unspecified atom stereocenters. The summed E-state index contributed by atoms with van der Waals surface area (Å²) in [6.07, 6.45) is 4.86. The van der Waals surface area contributed by atoms with E-state index in [9.17, 15) is 0 Å². The van der Waals surface area contributed by atoms with Gasteiger partial charge in [0.1, 0.15) is 5.52 Å². The van der Waals surface area contributed by atoms with Crippen LogP contribution in [0.25, 0.3) is 11.1 Å². The molecular weight excluding hydrogens is 248 g/mol. The zero-order valence-corrected chi connectivity index (χ0v) is 12.6. The lowest BCUT2D eigenvalue weighted by Crippen LogP contribution is -2.37. The van der Waals surface area contributed by atoms with Crippen LogP contribution in [0.1, 0.15) is 45.9 Å². The number of nitrogens with zero attached hydrogens (tertiary/aromatic N) is 1. The van der Waals surface area contributed by atoms with Crippen LogP contribution >= 0.6 is 0 Å². The molecule has 0 aliphatic heterocycles. The van der Waals surface area contributed by atoms with E-state index in [1.54, 1.807) is 0 Å². The third kappa shape index (κ3) is 2.54. The standard InChI is InChI=1S/C17H24N2O/c1-4-16-19-14-10-13(8-9-15(14)20-16)18-17-11(2)6-5-7-12(17)3/h8-12,17-18H,4-7H2,1-3H3. The predicted molar refractivity (Wildman–Crippen MR) is 83.0 cm³/mol. The van der Waals surface area contributed by atoms with Crippen molar-refractivity contribution in [2.75, 3.05) is 5.32 Å². The number of anilines is 1. The minimum atomic E-state index is 0.568. The zero-order chi connectivity index (χ0) is 14.1. The summed E-state index contributed by atoms with van der Waals surface area (Å²) < 4.78 is 5.67. The van der Waals surface area contributed by atoms with Crippen LogP contribution in [-0.4, -0.2) is 11.0 Å². The average Bonchev–Trinajstić information content (AvgIpc) is 2.85. The largest absolute Gasteiger partial charge is 0.441 e. The van der Waals surface area contributed by atoms with Gasteiger partial charge in [-0.25, -0.2) is 4.98 Å². The van der Waals surface area contributed by atoms with E-state index in [1.807, 2.05) is 6.07 Å². The van der Waals surface area contributed by atoms with Crippen LogP contribution in [0.15, 0.2) is 22.6 Å². The number of hydrogen-bond acceptors (Lipinski definition) is 3. The van der Waals surface area contributed by atoms with E-state index >= 15 is 0 Å². The lowest BCUT2D eigenvalue weighted by atomic mass is 9.78. The van der Waals surface area contributed by atoms with Gasteiger partial charge in [0.15, 0.2) is 11.5 Å². The monoisotopic (exact) mass is 272 g/mol. The molecule has 1 fully saturated rings. The first-order chi connectivity index (χ1) is 9.67. The molecule has 0 spiro atoms. The molecule has 3 heteroatoms. The first-order valence-corrected chi connectivity index (χ1v) is 7.83. The molecule has 1 saturated carbocycles. The van der Waals surface area contributed by atoms with Crippen molar-refractivity contribution in [3.05, 3.63) is 24.1 Å². The van der Waals surface area contributed by atoms with Gasteiger partial charge in [0, 0.05) is 18.2 Å². The summed E-state index contributed by atoms with van der Waals surface area (Å²) in [6, 6.07) is 6.83. The van der Waals surface area contributed by atoms with Crippen molar-refractivity contribution in [2.24, 2.45) is 11.8 Å². The molecule has 1 heterocycles. The number of benzene rings is 1. The highest BCUT2D eigenvalue weighted by molar-refractivity contribution is 5.77. The maximum Gasteiger partial charge on any atom is 0.195 e. The molecule has 2 atom stereocenters. The van der Waals surface area contributed by atoms with E-state index in [1.165, 1.54) is 24.9 Å².